The van der Waals surface area contributed by atoms with Gasteiger partial charge in [0.05, 0.1) is 0 Å². The fraction of sp³-hybridized carbons (Fsp3) is 0.375. The summed E-state index contributed by atoms with van der Waals surface area (Å²) in [4.78, 5) is 36.8. The molecule has 7 heteroatoms. The molecule has 0 spiro atoms. The molecular formula is C24H29N3O4. The minimum Gasteiger partial charge on any atom is -0.445 e. The predicted octanol–water partition coefficient (Wildman–Crippen LogP) is 3.60. The van der Waals surface area contributed by atoms with Crippen LogP contribution in [0.15, 0.2) is 54.6 Å². The maximum absolute atomic E-state index is 12.7. The van der Waals surface area contributed by atoms with Crippen molar-refractivity contribution in [1.29, 1.82) is 0 Å². The number of benzene rings is 2. The number of alkyl carbamates (subject to hydrolysis) is 1. The fourth-order valence-electron chi connectivity index (χ4n) is 3.07. The number of anilines is 1. The highest BCUT2D eigenvalue weighted by Gasteiger charge is 2.29. The van der Waals surface area contributed by atoms with E-state index in [4.69, 9.17) is 4.74 Å². The van der Waals surface area contributed by atoms with Gasteiger partial charge < -0.3 is 20.7 Å². The highest BCUT2D eigenvalue weighted by Crippen LogP contribution is 2.30. The van der Waals surface area contributed by atoms with Gasteiger partial charge in [-0.05, 0) is 42.0 Å². The first-order valence-electron chi connectivity index (χ1n) is 10.6. The number of rotatable bonds is 9. The topological polar surface area (TPSA) is 96.5 Å². The van der Waals surface area contributed by atoms with Gasteiger partial charge in [0.25, 0.3) is 0 Å². The van der Waals surface area contributed by atoms with Crippen molar-refractivity contribution < 1.29 is 19.1 Å². The molecule has 1 atom stereocenters. The van der Waals surface area contributed by atoms with E-state index < -0.39 is 12.1 Å². The standard InChI is InChI=1S/C24H29N3O4/c1-16(2)21(27-24(30)31-15-17-7-4-3-5-8-17)23(29)25-14-18-9-6-10-20(13-18)26-22(28)19-11-12-19/h3-10,13,16,19,21H,11-12,14-15H2,1-2H3,(H,25,29)(H,26,28)(H,27,30)/t21-/m1/s1. The number of hydrogen-bond donors (Lipinski definition) is 3. The second-order valence-electron chi connectivity index (χ2n) is 8.11. The molecule has 7 nitrogen and oxygen atoms in total. The van der Waals surface area contributed by atoms with Gasteiger partial charge in [0, 0.05) is 18.2 Å². The molecule has 0 heterocycles. The molecule has 0 bridgehead atoms. The van der Waals surface area contributed by atoms with Gasteiger partial charge >= 0.3 is 6.09 Å². The summed E-state index contributed by atoms with van der Waals surface area (Å²) in [5.74, 6) is -0.241. The van der Waals surface area contributed by atoms with Gasteiger partial charge in [-0.15, -0.1) is 0 Å². The van der Waals surface area contributed by atoms with Crippen molar-refractivity contribution >= 4 is 23.6 Å². The lowest BCUT2D eigenvalue weighted by atomic mass is 10.0. The second-order valence-corrected chi connectivity index (χ2v) is 8.11. The number of ether oxygens (including phenoxy) is 1. The first-order chi connectivity index (χ1) is 14.9. The van der Waals surface area contributed by atoms with Crippen LogP contribution in [0.5, 0.6) is 0 Å². The van der Waals surface area contributed by atoms with E-state index in [1.807, 2.05) is 68.4 Å². The Morgan fingerprint density at radius 1 is 1.00 bits per heavy atom. The third kappa shape index (κ3) is 7.13. The molecule has 0 saturated heterocycles. The average molecular weight is 424 g/mol. The molecule has 3 N–H and O–H groups in total. The third-order valence-electron chi connectivity index (χ3n) is 5.04. The number of nitrogens with one attached hydrogen (secondary N) is 3. The zero-order valence-corrected chi connectivity index (χ0v) is 17.9. The van der Waals surface area contributed by atoms with Gasteiger partial charge in [-0.25, -0.2) is 4.79 Å². The molecule has 1 aliphatic rings. The summed E-state index contributed by atoms with van der Waals surface area (Å²) in [6.07, 6.45) is 1.25. The summed E-state index contributed by atoms with van der Waals surface area (Å²) in [6, 6.07) is 16.0. The van der Waals surface area contributed by atoms with Crippen LogP contribution >= 0.6 is 0 Å². The molecule has 0 aromatic heterocycles. The van der Waals surface area contributed by atoms with Gasteiger partial charge in [0.15, 0.2) is 0 Å². The summed E-state index contributed by atoms with van der Waals surface area (Å²) in [5, 5.41) is 8.40. The smallest absolute Gasteiger partial charge is 0.408 e. The van der Waals surface area contributed by atoms with Crippen LogP contribution in [-0.4, -0.2) is 23.9 Å². The second kappa shape index (κ2) is 10.6. The van der Waals surface area contributed by atoms with Crippen molar-refractivity contribution in [3.05, 3.63) is 65.7 Å². The largest absolute Gasteiger partial charge is 0.445 e. The lowest BCUT2D eigenvalue weighted by Gasteiger charge is -2.21. The Morgan fingerprint density at radius 3 is 2.39 bits per heavy atom. The first kappa shape index (κ1) is 22.3. The van der Waals surface area contributed by atoms with Crippen molar-refractivity contribution in [3.8, 4) is 0 Å². The monoisotopic (exact) mass is 423 g/mol. The molecule has 1 fully saturated rings. The van der Waals surface area contributed by atoms with E-state index in [9.17, 15) is 14.4 Å². The molecule has 2 aromatic rings. The molecule has 0 aliphatic heterocycles. The molecule has 0 radical (unpaired) electrons. The van der Waals surface area contributed by atoms with E-state index >= 15 is 0 Å². The van der Waals surface area contributed by atoms with E-state index in [1.165, 1.54) is 0 Å². The molecule has 31 heavy (non-hydrogen) atoms. The summed E-state index contributed by atoms with van der Waals surface area (Å²) in [7, 11) is 0. The third-order valence-corrected chi connectivity index (χ3v) is 5.04. The molecular weight excluding hydrogens is 394 g/mol. The van der Waals surface area contributed by atoms with Gasteiger partial charge in [-0.2, -0.15) is 0 Å². The van der Waals surface area contributed by atoms with E-state index in [-0.39, 0.29) is 36.8 Å². The van der Waals surface area contributed by atoms with Crippen molar-refractivity contribution in [2.45, 2.75) is 45.9 Å². The Kier molecular flexibility index (Phi) is 7.65. The van der Waals surface area contributed by atoms with Crippen molar-refractivity contribution in [2.24, 2.45) is 11.8 Å². The van der Waals surface area contributed by atoms with Crippen LogP contribution in [0.3, 0.4) is 0 Å². The van der Waals surface area contributed by atoms with Crippen molar-refractivity contribution in [3.63, 3.8) is 0 Å². The van der Waals surface area contributed by atoms with Crippen LogP contribution < -0.4 is 16.0 Å². The zero-order valence-electron chi connectivity index (χ0n) is 17.9. The quantitative estimate of drug-likeness (QED) is 0.574. The van der Waals surface area contributed by atoms with E-state index in [2.05, 4.69) is 16.0 Å². The number of carbonyl (C=O) groups is 3. The highest BCUT2D eigenvalue weighted by atomic mass is 16.5. The van der Waals surface area contributed by atoms with Gasteiger partial charge in [-0.3, -0.25) is 9.59 Å². The minimum atomic E-state index is -0.721. The summed E-state index contributed by atoms with van der Waals surface area (Å²) in [5.41, 5.74) is 2.44. The number of hydrogen-bond acceptors (Lipinski definition) is 4. The maximum Gasteiger partial charge on any atom is 0.408 e. The molecule has 1 aliphatic carbocycles. The Morgan fingerprint density at radius 2 is 1.71 bits per heavy atom. The Hall–Kier alpha value is -3.35. The van der Waals surface area contributed by atoms with Crippen LogP contribution in [0.25, 0.3) is 0 Å². The van der Waals surface area contributed by atoms with Crippen LogP contribution in [0.4, 0.5) is 10.5 Å². The van der Waals surface area contributed by atoms with Crippen molar-refractivity contribution in [2.75, 3.05) is 5.32 Å². The lowest BCUT2D eigenvalue weighted by molar-refractivity contribution is -0.124. The fourth-order valence-corrected chi connectivity index (χ4v) is 3.07. The SMILES string of the molecule is CC(C)[C@@H](NC(=O)OCc1ccccc1)C(=O)NCc1cccc(NC(=O)C2CC2)c1. The lowest BCUT2D eigenvalue weighted by Crippen LogP contribution is -2.49. The van der Waals surface area contributed by atoms with Crippen molar-refractivity contribution in [1.82, 2.24) is 10.6 Å². The van der Waals surface area contributed by atoms with Gasteiger partial charge in [0.1, 0.15) is 12.6 Å². The molecule has 0 unspecified atom stereocenters. The van der Waals surface area contributed by atoms with Crippen LogP contribution in [-0.2, 0) is 27.5 Å². The van der Waals surface area contributed by atoms with E-state index in [0.717, 1.165) is 24.0 Å². The summed E-state index contributed by atoms with van der Waals surface area (Å²) >= 11 is 0. The molecule has 3 amide bonds. The van der Waals surface area contributed by atoms with Gasteiger partial charge in [0.2, 0.25) is 11.8 Å². The Balaban J connectivity index is 1.49. The summed E-state index contributed by atoms with van der Waals surface area (Å²) < 4.78 is 5.23. The minimum absolute atomic E-state index is 0.0410. The normalized spacial score (nSPS) is 13.9. The van der Waals surface area contributed by atoms with E-state index in [1.54, 1.807) is 0 Å². The highest BCUT2D eigenvalue weighted by molar-refractivity contribution is 5.94. The molecule has 1 saturated carbocycles. The van der Waals surface area contributed by atoms with Crippen LogP contribution in [0, 0.1) is 11.8 Å². The maximum atomic E-state index is 12.7. The average Bonchev–Trinajstić information content (AvgIpc) is 3.61. The summed E-state index contributed by atoms with van der Waals surface area (Å²) in [6.45, 7) is 4.14. The molecule has 2 aromatic carbocycles. The van der Waals surface area contributed by atoms with Crippen LogP contribution in [0.1, 0.15) is 37.8 Å². The predicted molar refractivity (Wildman–Crippen MR) is 118 cm³/mol. The Labute approximate surface area is 182 Å². The first-order valence-corrected chi connectivity index (χ1v) is 10.6. The zero-order chi connectivity index (χ0) is 22.2. The Bertz CT molecular complexity index is 910. The molecule has 3 rings (SSSR count). The van der Waals surface area contributed by atoms with Gasteiger partial charge in [-0.1, -0.05) is 56.3 Å². The van der Waals surface area contributed by atoms with Crippen LogP contribution in [0.2, 0.25) is 0 Å². The molecule has 164 valence electrons. The number of amides is 3. The number of carbonyl (C=O) groups excluding carboxylic acids is 3. The van der Waals surface area contributed by atoms with E-state index in [0.29, 0.717) is 5.69 Å².